The van der Waals surface area contributed by atoms with Gasteiger partial charge in [0.25, 0.3) is 0 Å². The lowest BCUT2D eigenvalue weighted by Gasteiger charge is -2.09. The van der Waals surface area contributed by atoms with Crippen LogP contribution in [0.25, 0.3) is 11.0 Å². The second kappa shape index (κ2) is 5.21. The number of pyridine rings is 1. The minimum Gasteiger partial charge on any atom is -0.322 e. The summed E-state index contributed by atoms with van der Waals surface area (Å²) in [7, 11) is 0. The van der Waals surface area contributed by atoms with Crippen molar-refractivity contribution in [1.29, 1.82) is 0 Å². The Bertz CT molecular complexity index is 767. The molecule has 2 aromatic heterocycles. The first-order valence-corrected chi connectivity index (χ1v) is 6.83. The highest BCUT2D eigenvalue weighted by Crippen LogP contribution is 2.22. The maximum atomic E-state index is 13.8. The van der Waals surface area contributed by atoms with Gasteiger partial charge >= 0.3 is 0 Å². The molecule has 3 nitrogen and oxygen atoms in total. The minimum atomic E-state index is -0.324. The fourth-order valence-corrected chi connectivity index (χ4v) is 2.48. The molecule has 0 fully saturated rings. The number of aromatic nitrogens is 3. The quantitative estimate of drug-likeness (QED) is 0.689. The number of hydrogen-bond acceptors (Lipinski definition) is 2. The number of rotatable bonds is 3. The summed E-state index contributed by atoms with van der Waals surface area (Å²) in [6.45, 7) is 2.61. The molecule has 0 bridgehead atoms. The van der Waals surface area contributed by atoms with Crippen molar-refractivity contribution in [2.24, 2.45) is 0 Å². The molecule has 102 valence electrons. The van der Waals surface area contributed by atoms with E-state index in [1.165, 1.54) is 6.07 Å². The molecule has 0 N–H and O–H groups in total. The number of hydrogen-bond donors (Lipinski definition) is 0. The van der Waals surface area contributed by atoms with Gasteiger partial charge in [-0.05, 0) is 36.2 Å². The molecule has 0 aliphatic carbocycles. The fourth-order valence-electron chi connectivity index (χ4n) is 2.27. The van der Waals surface area contributed by atoms with Crippen LogP contribution in [0.3, 0.4) is 0 Å². The van der Waals surface area contributed by atoms with Crippen LogP contribution in [0.1, 0.15) is 17.0 Å². The lowest BCUT2D eigenvalue weighted by Crippen LogP contribution is -2.05. The average Bonchev–Trinajstić information content (AvgIpc) is 2.81. The van der Waals surface area contributed by atoms with Crippen LogP contribution in [-0.2, 0) is 12.4 Å². The summed E-state index contributed by atoms with van der Waals surface area (Å²) in [4.78, 5) is 8.43. The van der Waals surface area contributed by atoms with Gasteiger partial charge in [0.15, 0.2) is 5.82 Å². The van der Waals surface area contributed by atoms with Crippen LogP contribution in [0.5, 0.6) is 0 Å². The predicted octanol–water partition coefficient (Wildman–Crippen LogP) is 3.67. The van der Waals surface area contributed by atoms with Crippen LogP contribution in [0.4, 0.5) is 4.39 Å². The Hall–Kier alpha value is -1.94. The Morgan fingerprint density at radius 2 is 2.15 bits per heavy atom. The van der Waals surface area contributed by atoms with E-state index < -0.39 is 0 Å². The van der Waals surface area contributed by atoms with E-state index in [-0.39, 0.29) is 11.7 Å². The van der Waals surface area contributed by atoms with Gasteiger partial charge in [0, 0.05) is 12.4 Å². The molecule has 0 amide bonds. The zero-order valence-corrected chi connectivity index (χ0v) is 11.7. The van der Waals surface area contributed by atoms with E-state index in [4.69, 9.17) is 11.6 Å². The molecular weight excluding hydrogens is 277 g/mol. The van der Waals surface area contributed by atoms with E-state index in [9.17, 15) is 4.39 Å². The second-order valence-electron chi connectivity index (χ2n) is 4.66. The lowest BCUT2D eigenvalue weighted by molar-refractivity contribution is 0.637. The van der Waals surface area contributed by atoms with E-state index >= 15 is 0 Å². The maximum Gasteiger partial charge on any atom is 0.151 e. The van der Waals surface area contributed by atoms with Crippen molar-refractivity contribution < 1.29 is 4.39 Å². The summed E-state index contributed by atoms with van der Waals surface area (Å²) >= 11 is 5.94. The third kappa shape index (κ3) is 2.16. The number of alkyl halides is 1. The van der Waals surface area contributed by atoms with Crippen molar-refractivity contribution in [2.75, 3.05) is 0 Å². The molecule has 5 heteroatoms. The van der Waals surface area contributed by atoms with Gasteiger partial charge in [-0.2, -0.15) is 0 Å². The standard InChI is InChI=1S/C15H13ClFN3/c1-10-5-6-18-8-11(10)9-20-13-4-2-3-12(17)15(13)19-14(20)7-16/h2-6,8H,7,9H2,1H3. The Morgan fingerprint density at radius 3 is 2.90 bits per heavy atom. The first-order valence-electron chi connectivity index (χ1n) is 6.30. The van der Waals surface area contributed by atoms with Gasteiger partial charge < -0.3 is 4.57 Å². The molecule has 0 spiro atoms. The Kier molecular flexibility index (Phi) is 3.40. The second-order valence-corrected chi connectivity index (χ2v) is 4.92. The van der Waals surface area contributed by atoms with Gasteiger partial charge in [-0.3, -0.25) is 4.98 Å². The molecule has 1 aromatic carbocycles. The van der Waals surface area contributed by atoms with Crippen molar-refractivity contribution in [3.05, 3.63) is 59.4 Å². The highest BCUT2D eigenvalue weighted by Gasteiger charge is 2.13. The number of imidazole rings is 1. The van der Waals surface area contributed by atoms with Crippen LogP contribution in [0.15, 0.2) is 36.7 Å². The molecule has 3 aromatic rings. The van der Waals surface area contributed by atoms with Crippen LogP contribution in [0.2, 0.25) is 0 Å². The molecule has 3 rings (SSSR count). The van der Waals surface area contributed by atoms with Crippen molar-refractivity contribution in [1.82, 2.24) is 14.5 Å². The SMILES string of the molecule is Cc1ccncc1Cn1c(CCl)nc2c(F)cccc21. The molecule has 20 heavy (non-hydrogen) atoms. The van der Waals surface area contributed by atoms with Crippen LogP contribution < -0.4 is 0 Å². The van der Waals surface area contributed by atoms with Gasteiger partial charge in [-0.1, -0.05) is 6.07 Å². The Labute approximate surface area is 121 Å². The minimum absolute atomic E-state index is 0.243. The van der Waals surface area contributed by atoms with Crippen molar-refractivity contribution in [3.8, 4) is 0 Å². The molecule has 0 atom stereocenters. The Balaban J connectivity index is 2.15. The highest BCUT2D eigenvalue weighted by molar-refractivity contribution is 6.16. The number of fused-ring (bicyclic) bond motifs is 1. The van der Waals surface area contributed by atoms with Gasteiger partial charge in [-0.25, -0.2) is 9.37 Å². The molecule has 0 aliphatic rings. The van der Waals surface area contributed by atoms with Gasteiger partial charge in [-0.15, -0.1) is 11.6 Å². The van der Waals surface area contributed by atoms with Crippen LogP contribution >= 0.6 is 11.6 Å². The first kappa shape index (κ1) is 13.1. The summed E-state index contributed by atoms with van der Waals surface area (Å²) in [6, 6.07) is 6.90. The molecule has 2 heterocycles. The van der Waals surface area contributed by atoms with E-state index in [1.54, 1.807) is 12.3 Å². The highest BCUT2D eigenvalue weighted by atomic mass is 35.5. The molecule has 0 saturated carbocycles. The normalized spacial score (nSPS) is 11.2. The van der Waals surface area contributed by atoms with Crippen molar-refractivity contribution >= 4 is 22.6 Å². The maximum absolute atomic E-state index is 13.8. The van der Waals surface area contributed by atoms with Crippen LogP contribution in [-0.4, -0.2) is 14.5 Å². The largest absolute Gasteiger partial charge is 0.322 e. The van der Waals surface area contributed by atoms with Crippen molar-refractivity contribution in [2.45, 2.75) is 19.3 Å². The summed E-state index contributed by atoms with van der Waals surface area (Å²) in [5.74, 6) is 0.582. The summed E-state index contributed by atoms with van der Waals surface area (Å²) in [5, 5.41) is 0. The number of halogens is 2. The smallest absolute Gasteiger partial charge is 0.151 e. The Morgan fingerprint density at radius 1 is 1.30 bits per heavy atom. The molecule has 0 saturated heterocycles. The average molecular weight is 290 g/mol. The lowest BCUT2D eigenvalue weighted by atomic mass is 10.1. The number of benzene rings is 1. The molecule has 0 aliphatic heterocycles. The third-order valence-corrected chi connectivity index (χ3v) is 3.64. The monoisotopic (exact) mass is 289 g/mol. The van der Waals surface area contributed by atoms with E-state index in [1.807, 2.05) is 29.8 Å². The number of aryl methyl sites for hydroxylation is 1. The van der Waals surface area contributed by atoms with Crippen molar-refractivity contribution in [3.63, 3.8) is 0 Å². The van der Waals surface area contributed by atoms with Gasteiger partial charge in [0.2, 0.25) is 0 Å². The van der Waals surface area contributed by atoms with E-state index in [0.717, 1.165) is 16.6 Å². The van der Waals surface area contributed by atoms with E-state index in [2.05, 4.69) is 9.97 Å². The molecule has 0 radical (unpaired) electrons. The summed E-state index contributed by atoms with van der Waals surface area (Å²) < 4.78 is 15.7. The zero-order valence-electron chi connectivity index (χ0n) is 11.0. The van der Waals surface area contributed by atoms with E-state index in [0.29, 0.717) is 17.9 Å². The van der Waals surface area contributed by atoms with Crippen LogP contribution in [0, 0.1) is 12.7 Å². The molecular formula is C15H13ClFN3. The van der Waals surface area contributed by atoms with Gasteiger partial charge in [0.1, 0.15) is 11.3 Å². The zero-order chi connectivity index (χ0) is 14.1. The number of para-hydroxylation sites is 1. The third-order valence-electron chi connectivity index (χ3n) is 3.40. The van der Waals surface area contributed by atoms with Gasteiger partial charge in [0.05, 0.1) is 17.9 Å². The fraction of sp³-hybridized carbons (Fsp3) is 0.200. The topological polar surface area (TPSA) is 30.7 Å². The predicted molar refractivity (Wildman–Crippen MR) is 77.3 cm³/mol. The summed E-state index contributed by atoms with van der Waals surface area (Å²) in [5.41, 5.74) is 3.33. The summed E-state index contributed by atoms with van der Waals surface area (Å²) in [6.07, 6.45) is 3.57. The number of nitrogens with zero attached hydrogens (tertiary/aromatic N) is 3. The first-order chi connectivity index (χ1) is 9.70. The molecule has 0 unspecified atom stereocenters.